The number of rotatable bonds is 8. The molecule has 0 unspecified atom stereocenters. The Hall–Kier alpha value is -9.19. The van der Waals surface area contributed by atoms with Gasteiger partial charge >= 0.3 is 0 Å². The number of hydrogen-bond donors (Lipinski definition) is 0. The summed E-state index contributed by atoms with van der Waals surface area (Å²) >= 11 is 0. The van der Waals surface area contributed by atoms with E-state index >= 15 is 0 Å². The molecule has 0 atom stereocenters. The van der Waals surface area contributed by atoms with Crippen molar-refractivity contribution >= 4 is 43.6 Å². The lowest BCUT2D eigenvalue weighted by Crippen LogP contribution is -2.03. The number of aromatic nitrogens is 5. The summed E-state index contributed by atoms with van der Waals surface area (Å²) < 4.78 is 4.81. The van der Waals surface area contributed by atoms with E-state index in [-0.39, 0.29) is 0 Å². The van der Waals surface area contributed by atoms with Gasteiger partial charge in [0.25, 0.3) is 0 Å². The quantitative estimate of drug-likeness (QED) is 0.153. The third-order valence-electron chi connectivity index (χ3n) is 13.2. The van der Waals surface area contributed by atoms with E-state index in [9.17, 15) is 0 Å². The SMILES string of the molecule is c1ccc(-c2ccc(-c3nc(-c4ccccc4)nc(-c4ccccc4-n4c5ccccc5c5c(-c6cccc7c6c6ccc(-c8ccccc8)cc6n7-c6ccccc6)cccc54)n3)cc2)cc1. The number of benzene rings is 10. The van der Waals surface area contributed by atoms with Gasteiger partial charge in [-0.3, -0.25) is 0 Å². The van der Waals surface area contributed by atoms with Gasteiger partial charge in [-0.2, -0.15) is 0 Å². The van der Waals surface area contributed by atoms with E-state index in [0.29, 0.717) is 17.5 Å². The minimum absolute atomic E-state index is 0.604. The Balaban J connectivity index is 1.02. The van der Waals surface area contributed by atoms with Crippen LogP contribution in [0.5, 0.6) is 0 Å². The molecule has 68 heavy (non-hydrogen) atoms. The van der Waals surface area contributed by atoms with Crippen molar-refractivity contribution in [3.63, 3.8) is 0 Å². The van der Waals surface area contributed by atoms with Crippen LogP contribution in [0.4, 0.5) is 0 Å². The highest BCUT2D eigenvalue weighted by molar-refractivity contribution is 6.22. The van der Waals surface area contributed by atoms with Gasteiger partial charge in [0.1, 0.15) is 0 Å². The van der Waals surface area contributed by atoms with Crippen LogP contribution < -0.4 is 0 Å². The number of hydrogen-bond acceptors (Lipinski definition) is 3. The van der Waals surface area contributed by atoms with Crippen LogP contribution in [0.1, 0.15) is 0 Å². The van der Waals surface area contributed by atoms with Crippen LogP contribution in [0.15, 0.2) is 249 Å². The van der Waals surface area contributed by atoms with Crippen molar-refractivity contribution in [2.24, 2.45) is 0 Å². The Kier molecular flexibility index (Phi) is 9.43. The lowest BCUT2D eigenvalue weighted by molar-refractivity contribution is 1.06. The van der Waals surface area contributed by atoms with Gasteiger partial charge in [-0.25, -0.2) is 15.0 Å². The van der Waals surface area contributed by atoms with Gasteiger partial charge in [-0.05, 0) is 81.9 Å². The molecule has 0 aliphatic heterocycles. The molecule has 0 fully saturated rings. The number of nitrogens with zero attached hydrogens (tertiary/aromatic N) is 5. The van der Waals surface area contributed by atoms with Crippen molar-refractivity contribution in [2.75, 3.05) is 0 Å². The molecule has 3 aromatic heterocycles. The molecule has 0 amide bonds. The van der Waals surface area contributed by atoms with E-state index < -0.39 is 0 Å². The summed E-state index contributed by atoms with van der Waals surface area (Å²) in [5, 5.41) is 4.79. The average Bonchev–Trinajstić information content (AvgIpc) is 3.95. The van der Waals surface area contributed by atoms with Crippen molar-refractivity contribution in [3.05, 3.63) is 249 Å². The third kappa shape index (κ3) is 6.59. The van der Waals surface area contributed by atoms with Gasteiger partial charge in [0.15, 0.2) is 17.5 Å². The molecule has 0 radical (unpaired) electrons. The summed E-state index contributed by atoms with van der Waals surface area (Å²) in [5.74, 6) is 1.84. The molecule has 318 valence electrons. The average molecular weight is 868 g/mol. The summed E-state index contributed by atoms with van der Waals surface area (Å²) in [4.78, 5) is 15.6. The minimum atomic E-state index is 0.604. The lowest BCUT2D eigenvalue weighted by Gasteiger charge is -2.15. The molecule has 5 nitrogen and oxygen atoms in total. The predicted octanol–water partition coefficient (Wildman–Crippen LogP) is 16.1. The second-order valence-corrected chi connectivity index (χ2v) is 17.2. The van der Waals surface area contributed by atoms with E-state index in [4.69, 9.17) is 15.0 Å². The molecular formula is C63H41N5. The van der Waals surface area contributed by atoms with E-state index in [2.05, 4.69) is 234 Å². The fourth-order valence-corrected chi connectivity index (χ4v) is 10.1. The van der Waals surface area contributed by atoms with Crippen LogP contribution in [0.25, 0.3) is 123 Å². The van der Waals surface area contributed by atoms with Crippen LogP contribution in [-0.4, -0.2) is 24.1 Å². The first kappa shape index (κ1) is 39.2. The second kappa shape index (κ2) is 16.4. The molecule has 10 aromatic carbocycles. The van der Waals surface area contributed by atoms with Crippen molar-refractivity contribution < 1.29 is 0 Å². The molecule has 0 aliphatic carbocycles. The van der Waals surface area contributed by atoms with Gasteiger partial charge in [0, 0.05) is 43.9 Å². The van der Waals surface area contributed by atoms with E-state index in [0.717, 1.165) is 55.7 Å². The normalized spacial score (nSPS) is 11.5. The zero-order chi connectivity index (χ0) is 45.0. The summed E-state index contributed by atoms with van der Waals surface area (Å²) in [6, 6.07) is 88.2. The molecule has 3 heterocycles. The zero-order valence-electron chi connectivity index (χ0n) is 36.9. The van der Waals surface area contributed by atoms with Gasteiger partial charge in [-0.15, -0.1) is 0 Å². The van der Waals surface area contributed by atoms with Crippen molar-refractivity contribution in [3.8, 4) is 78.9 Å². The van der Waals surface area contributed by atoms with Crippen LogP contribution >= 0.6 is 0 Å². The highest BCUT2D eigenvalue weighted by Crippen LogP contribution is 2.45. The molecule has 0 saturated carbocycles. The van der Waals surface area contributed by atoms with Gasteiger partial charge in [0.2, 0.25) is 0 Å². The topological polar surface area (TPSA) is 48.5 Å². The maximum absolute atomic E-state index is 5.28. The van der Waals surface area contributed by atoms with Gasteiger partial charge < -0.3 is 9.13 Å². The number of fused-ring (bicyclic) bond motifs is 6. The molecule has 5 heteroatoms. The molecule has 13 aromatic rings. The molecular weight excluding hydrogens is 827 g/mol. The summed E-state index contributed by atoms with van der Waals surface area (Å²) in [7, 11) is 0. The van der Waals surface area contributed by atoms with Crippen molar-refractivity contribution in [2.45, 2.75) is 0 Å². The lowest BCUT2D eigenvalue weighted by atomic mass is 9.95. The molecule has 0 N–H and O–H groups in total. The van der Waals surface area contributed by atoms with Gasteiger partial charge in [0.05, 0.1) is 27.8 Å². The first-order chi connectivity index (χ1) is 33.7. The fraction of sp³-hybridized carbons (Fsp3) is 0. The van der Waals surface area contributed by atoms with Crippen LogP contribution in [0, 0.1) is 0 Å². The highest BCUT2D eigenvalue weighted by atomic mass is 15.1. The summed E-state index contributed by atoms with van der Waals surface area (Å²) in [5.41, 5.74) is 16.4. The monoisotopic (exact) mass is 867 g/mol. The maximum Gasteiger partial charge on any atom is 0.166 e. The van der Waals surface area contributed by atoms with Crippen molar-refractivity contribution in [1.82, 2.24) is 24.1 Å². The molecule has 0 bridgehead atoms. The molecule has 0 aliphatic rings. The molecule has 0 spiro atoms. The fourth-order valence-electron chi connectivity index (χ4n) is 10.1. The second-order valence-electron chi connectivity index (χ2n) is 17.2. The van der Waals surface area contributed by atoms with E-state index in [1.54, 1.807) is 0 Å². The van der Waals surface area contributed by atoms with Crippen LogP contribution in [-0.2, 0) is 0 Å². The Morgan fingerprint density at radius 3 is 1.34 bits per heavy atom. The Labute approximate surface area is 393 Å². The van der Waals surface area contributed by atoms with Gasteiger partial charge in [-0.1, -0.05) is 200 Å². The predicted molar refractivity (Wildman–Crippen MR) is 281 cm³/mol. The highest BCUT2D eigenvalue weighted by Gasteiger charge is 2.23. The first-order valence-corrected chi connectivity index (χ1v) is 23.0. The van der Waals surface area contributed by atoms with E-state index in [1.165, 1.54) is 49.3 Å². The van der Waals surface area contributed by atoms with Crippen molar-refractivity contribution in [1.29, 1.82) is 0 Å². The van der Waals surface area contributed by atoms with Crippen LogP contribution in [0.2, 0.25) is 0 Å². The summed E-state index contributed by atoms with van der Waals surface area (Å²) in [6.07, 6.45) is 0. The zero-order valence-corrected chi connectivity index (χ0v) is 36.9. The Bertz CT molecular complexity index is 3990. The largest absolute Gasteiger partial charge is 0.309 e. The molecule has 0 saturated heterocycles. The maximum atomic E-state index is 5.28. The van der Waals surface area contributed by atoms with E-state index in [1.807, 2.05) is 24.3 Å². The number of para-hydroxylation sites is 3. The smallest absolute Gasteiger partial charge is 0.166 e. The standard InChI is InChI=1S/C63H41N5/c1-5-19-42(20-6-1)44-35-37-46(38-36-44)62-64-61(45-23-9-3-10-24-45)65-63(66-62)53-28-14-16-32-55(53)68-54-31-15-13-27-51(54)59-49(30-18-34-57(59)68)50-29-17-33-56-60(50)52-40-39-47(43-21-7-2-8-22-43)41-58(52)67(56)48-25-11-4-12-26-48/h1-41H. The third-order valence-corrected chi connectivity index (χ3v) is 13.2. The molecule has 13 rings (SSSR count). The summed E-state index contributed by atoms with van der Waals surface area (Å²) in [6.45, 7) is 0. The Morgan fingerprint density at radius 2 is 0.676 bits per heavy atom. The minimum Gasteiger partial charge on any atom is -0.309 e. The Morgan fingerprint density at radius 1 is 0.250 bits per heavy atom. The van der Waals surface area contributed by atoms with Crippen LogP contribution in [0.3, 0.4) is 0 Å². The first-order valence-electron chi connectivity index (χ1n) is 23.0.